The SMILES string of the molecule is CCCOc1ccc(C2/C(=C(\O)c3ccc4c(c3)CC(C)O4)C(=O)C(=O)N2c2nnc(SCc3ccccc3)s2)cc1OCC. The van der Waals surface area contributed by atoms with Gasteiger partial charge in [-0.15, -0.1) is 10.2 Å². The zero-order valence-corrected chi connectivity index (χ0v) is 26.8. The second-order valence-corrected chi connectivity index (χ2v) is 12.9. The molecular weight excluding hydrogens is 611 g/mol. The maximum absolute atomic E-state index is 13.8. The summed E-state index contributed by atoms with van der Waals surface area (Å²) in [4.78, 5) is 28.9. The molecule has 3 aromatic carbocycles. The van der Waals surface area contributed by atoms with E-state index in [4.69, 9.17) is 14.2 Å². The number of aromatic nitrogens is 2. The maximum atomic E-state index is 13.8. The number of anilines is 1. The van der Waals surface area contributed by atoms with Crippen molar-refractivity contribution in [3.05, 3.63) is 94.6 Å². The summed E-state index contributed by atoms with van der Waals surface area (Å²) in [6, 6.07) is 19.6. The van der Waals surface area contributed by atoms with E-state index in [1.807, 2.05) is 57.2 Å². The molecule has 6 rings (SSSR count). The second-order valence-electron chi connectivity index (χ2n) is 10.7. The van der Waals surface area contributed by atoms with Gasteiger partial charge in [-0.2, -0.15) is 0 Å². The van der Waals surface area contributed by atoms with E-state index >= 15 is 0 Å². The van der Waals surface area contributed by atoms with Crippen LogP contribution in [0.4, 0.5) is 5.13 Å². The Bertz CT molecular complexity index is 1760. The summed E-state index contributed by atoms with van der Waals surface area (Å²) in [7, 11) is 0. The van der Waals surface area contributed by atoms with Gasteiger partial charge in [0.05, 0.1) is 24.8 Å². The van der Waals surface area contributed by atoms with Gasteiger partial charge >= 0.3 is 5.91 Å². The molecular formula is C34H33N3O6S2. The van der Waals surface area contributed by atoms with E-state index in [-0.39, 0.29) is 22.6 Å². The molecule has 0 saturated carbocycles. The molecule has 1 fully saturated rings. The smallest absolute Gasteiger partial charge is 0.301 e. The number of carbonyl (C=O) groups excluding carboxylic acids is 2. The van der Waals surface area contributed by atoms with Crippen LogP contribution in [0.15, 0.2) is 76.6 Å². The molecule has 2 aliphatic heterocycles. The predicted molar refractivity (Wildman–Crippen MR) is 174 cm³/mol. The van der Waals surface area contributed by atoms with Crippen LogP contribution in [0.25, 0.3) is 5.76 Å². The van der Waals surface area contributed by atoms with Gasteiger partial charge < -0.3 is 19.3 Å². The lowest BCUT2D eigenvalue weighted by atomic mass is 9.94. The Kier molecular flexibility index (Phi) is 9.09. The molecule has 2 unspecified atom stereocenters. The van der Waals surface area contributed by atoms with Crippen molar-refractivity contribution >= 4 is 45.7 Å². The number of hydrogen-bond donors (Lipinski definition) is 1. The summed E-state index contributed by atoms with van der Waals surface area (Å²) in [6.07, 6.45) is 1.51. The molecule has 0 radical (unpaired) electrons. The van der Waals surface area contributed by atoms with Crippen LogP contribution in [0.3, 0.4) is 0 Å². The summed E-state index contributed by atoms with van der Waals surface area (Å²) in [5.74, 6) is 0.595. The van der Waals surface area contributed by atoms with Gasteiger partial charge in [-0.3, -0.25) is 14.5 Å². The van der Waals surface area contributed by atoms with Crippen molar-refractivity contribution in [1.82, 2.24) is 10.2 Å². The minimum Gasteiger partial charge on any atom is -0.507 e. The Balaban J connectivity index is 1.43. The molecule has 1 aromatic heterocycles. The molecule has 1 saturated heterocycles. The van der Waals surface area contributed by atoms with Gasteiger partial charge in [-0.1, -0.05) is 66.4 Å². The average molecular weight is 644 g/mol. The third kappa shape index (κ3) is 6.27. The van der Waals surface area contributed by atoms with Crippen molar-refractivity contribution in [3.8, 4) is 17.2 Å². The number of Topliss-reactive ketones (excluding diaryl/α,β-unsaturated/α-hetero) is 1. The molecule has 4 aromatic rings. The number of benzene rings is 3. The molecule has 0 aliphatic carbocycles. The van der Waals surface area contributed by atoms with E-state index in [1.165, 1.54) is 28.0 Å². The van der Waals surface area contributed by atoms with Crippen LogP contribution in [0.5, 0.6) is 17.2 Å². The number of hydrogen-bond acceptors (Lipinski definition) is 10. The first-order chi connectivity index (χ1) is 21.9. The first kappa shape index (κ1) is 30.7. The monoisotopic (exact) mass is 643 g/mol. The average Bonchev–Trinajstić information content (AvgIpc) is 3.74. The Hall–Kier alpha value is -4.35. The molecule has 0 bridgehead atoms. The van der Waals surface area contributed by atoms with E-state index in [9.17, 15) is 14.7 Å². The molecule has 3 heterocycles. The number of nitrogens with zero attached hydrogens (tertiary/aromatic N) is 3. The number of ether oxygens (including phenoxy) is 3. The van der Waals surface area contributed by atoms with E-state index in [0.717, 1.165) is 23.3 Å². The Morgan fingerprint density at radius 3 is 2.64 bits per heavy atom. The fourth-order valence-corrected chi connectivity index (χ4v) is 7.27. The van der Waals surface area contributed by atoms with Crippen LogP contribution in [0.1, 0.15) is 55.5 Å². The number of aliphatic hydroxyl groups is 1. The number of carbonyl (C=O) groups is 2. The number of aliphatic hydroxyl groups excluding tert-OH is 1. The molecule has 45 heavy (non-hydrogen) atoms. The minimum absolute atomic E-state index is 0.0137. The van der Waals surface area contributed by atoms with Crippen LogP contribution in [0, 0.1) is 0 Å². The quantitative estimate of drug-likeness (QED) is 0.0609. The van der Waals surface area contributed by atoms with E-state index in [2.05, 4.69) is 10.2 Å². The van der Waals surface area contributed by atoms with Crippen LogP contribution >= 0.6 is 23.1 Å². The van der Waals surface area contributed by atoms with Crippen molar-refractivity contribution in [3.63, 3.8) is 0 Å². The largest absolute Gasteiger partial charge is 0.507 e. The van der Waals surface area contributed by atoms with Gasteiger partial charge in [0, 0.05) is 17.7 Å². The van der Waals surface area contributed by atoms with Crippen LogP contribution in [-0.4, -0.2) is 46.3 Å². The third-order valence-electron chi connectivity index (χ3n) is 7.47. The van der Waals surface area contributed by atoms with Crippen molar-refractivity contribution < 1.29 is 28.9 Å². The standard InChI is InChI=1S/C34H33N3O6S2/c1-4-15-42-26-14-11-22(18-27(26)41-5-2)29-28(30(38)23-12-13-25-24(17-23)16-20(3)43-25)31(39)32(40)37(29)33-35-36-34(45-33)44-19-21-9-7-6-8-10-21/h6-14,17-18,20,29,38H,4-5,15-16,19H2,1-3H3/b30-28+. The lowest BCUT2D eigenvalue weighted by molar-refractivity contribution is -0.132. The van der Waals surface area contributed by atoms with Crippen LogP contribution in [0.2, 0.25) is 0 Å². The zero-order valence-electron chi connectivity index (χ0n) is 25.2. The summed E-state index contributed by atoms with van der Waals surface area (Å²) < 4.78 is 18.3. The highest BCUT2D eigenvalue weighted by molar-refractivity contribution is 8.00. The van der Waals surface area contributed by atoms with Crippen molar-refractivity contribution in [1.29, 1.82) is 0 Å². The number of amides is 1. The lowest BCUT2D eigenvalue weighted by Gasteiger charge is -2.23. The summed E-state index contributed by atoms with van der Waals surface area (Å²) in [5, 5.41) is 20.6. The van der Waals surface area contributed by atoms with E-state index in [1.54, 1.807) is 30.3 Å². The maximum Gasteiger partial charge on any atom is 0.301 e. The van der Waals surface area contributed by atoms with E-state index in [0.29, 0.717) is 52.4 Å². The Labute approximate surface area is 269 Å². The van der Waals surface area contributed by atoms with E-state index < -0.39 is 17.7 Å². The molecule has 9 nitrogen and oxygen atoms in total. The highest BCUT2D eigenvalue weighted by Crippen LogP contribution is 2.46. The topological polar surface area (TPSA) is 111 Å². The first-order valence-corrected chi connectivity index (χ1v) is 16.7. The van der Waals surface area contributed by atoms with Gasteiger partial charge in [-0.25, -0.2) is 0 Å². The highest BCUT2D eigenvalue weighted by Gasteiger charge is 2.48. The minimum atomic E-state index is -0.979. The molecule has 1 N–H and O–H groups in total. The number of fused-ring (bicyclic) bond motifs is 1. The fourth-order valence-electron chi connectivity index (χ4n) is 5.44. The lowest BCUT2D eigenvalue weighted by Crippen LogP contribution is -2.29. The predicted octanol–water partition coefficient (Wildman–Crippen LogP) is 6.97. The Morgan fingerprint density at radius 1 is 1.04 bits per heavy atom. The fraction of sp³-hybridized carbons (Fsp3) is 0.294. The van der Waals surface area contributed by atoms with Gasteiger partial charge in [0.2, 0.25) is 5.13 Å². The molecule has 11 heteroatoms. The molecule has 232 valence electrons. The molecule has 2 atom stereocenters. The van der Waals surface area contributed by atoms with Gasteiger partial charge in [0.15, 0.2) is 15.8 Å². The highest BCUT2D eigenvalue weighted by atomic mass is 32.2. The first-order valence-electron chi connectivity index (χ1n) is 14.9. The summed E-state index contributed by atoms with van der Waals surface area (Å²) >= 11 is 2.72. The number of rotatable bonds is 11. The normalized spacial score (nSPS) is 18.6. The van der Waals surface area contributed by atoms with Crippen molar-refractivity contribution in [2.75, 3.05) is 18.1 Å². The number of ketones is 1. The zero-order chi connectivity index (χ0) is 31.5. The van der Waals surface area contributed by atoms with Gasteiger partial charge in [0.1, 0.15) is 17.6 Å². The van der Waals surface area contributed by atoms with Crippen molar-refractivity contribution in [2.45, 2.75) is 55.9 Å². The Morgan fingerprint density at radius 2 is 1.87 bits per heavy atom. The van der Waals surface area contributed by atoms with Gasteiger partial charge in [0.25, 0.3) is 5.78 Å². The molecule has 2 aliphatic rings. The van der Waals surface area contributed by atoms with Crippen LogP contribution in [-0.2, 0) is 21.8 Å². The molecule has 0 spiro atoms. The summed E-state index contributed by atoms with van der Waals surface area (Å²) in [6.45, 7) is 6.76. The molecule has 1 amide bonds. The third-order valence-corrected chi connectivity index (χ3v) is 9.59. The van der Waals surface area contributed by atoms with Crippen LogP contribution < -0.4 is 19.1 Å². The van der Waals surface area contributed by atoms with Gasteiger partial charge in [-0.05, 0) is 67.3 Å². The summed E-state index contributed by atoms with van der Waals surface area (Å²) in [5.41, 5.74) is 3.01. The number of thioether (sulfide) groups is 1. The second kappa shape index (κ2) is 13.3. The van der Waals surface area contributed by atoms with Crippen molar-refractivity contribution in [2.24, 2.45) is 0 Å².